The molecule has 0 radical (unpaired) electrons. The van der Waals surface area contributed by atoms with Gasteiger partial charge < -0.3 is 15.1 Å². The molecule has 1 amide bonds. The Labute approximate surface area is 137 Å². The average molecular weight is 309 g/mol. The predicted octanol–water partition coefficient (Wildman–Crippen LogP) is 3.00. The van der Waals surface area contributed by atoms with Crippen molar-refractivity contribution in [2.45, 2.75) is 6.92 Å². The van der Waals surface area contributed by atoms with Gasteiger partial charge in [-0.3, -0.25) is 4.79 Å². The number of aryl methyl sites for hydroxylation is 1. The quantitative estimate of drug-likeness (QED) is 0.947. The third-order valence-electron chi connectivity index (χ3n) is 4.31. The van der Waals surface area contributed by atoms with E-state index in [9.17, 15) is 4.79 Å². The SMILES string of the molecule is Cc1ccc(NC(=O)c2ccc(N3CCN(C)CC3)cc2)cc1. The van der Waals surface area contributed by atoms with Crippen molar-refractivity contribution in [3.63, 3.8) is 0 Å². The molecule has 1 aliphatic heterocycles. The van der Waals surface area contributed by atoms with Gasteiger partial charge in [-0.1, -0.05) is 17.7 Å². The number of carbonyl (C=O) groups excluding carboxylic acids is 1. The highest BCUT2D eigenvalue weighted by atomic mass is 16.1. The van der Waals surface area contributed by atoms with Crippen molar-refractivity contribution in [1.82, 2.24) is 4.90 Å². The van der Waals surface area contributed by atoms with Crippen LogP contribution in [-0.4, -0.2) is 44.0 Å². The van der Waals surface area contributed by atoms with Gasteiger partial charge in [0, 0.05) is 43.1 Å². The normalized spacial score (nSPS) is 15.5. The fourth-order valence-corrected chi connectivity index (χ4v) is 2.73. The second-order valence-corrected chi connectivity index (χ2v) is 6.16. The van der Waals surface area contributed by atoms with Crippen LogP contribution in [-0.2, 0) is 0 Å². The summed E-state index contributed by atoms with van der Waals surface area (Å²) in [6, 6.07) is 15.7. The van der Waals surface area contributed by atoms with Gasteiger partial charge in [-0.2, -0.15) is 0 Å². The molecule has 3 rings (SSSR count). The molecular formula is C19H23N3O. The van der Waals surface area contributed by atoms with Crippen molar-refractivity contribution in [3.8, 4) is 0 Å². The highest BCUT2D eigenvalue weighted by Gasteiger charge is 2.14. The van der Waals surface area contributed by atoms with E-state index in [1.54, 1.807) is 0 Å². The van der Waals surface area contributed by atoms with Crippen molar-refractivity contribution in [2.75, 3.05) is 43.4 Å². The Bertz CT molecular complexity index is 656. The Morgan fingerprint density at radius 3 is 2.13 bits per heavy atom. The van der Waals surface area contributed by atoms with Crippen molar-refractivity contribution in [3.05, 3.63) is 59.7 Å². The molecule has 0 aromatic heterocycles. The lowest BCUT2D eigenvalue weighted by molar-refractivity contribution is 0.102. The number of piperazine rings is 1. The predicted molar refractivity (Wildman–Crippen MR) is 95.3 cm³/mol. The summed E-state index contributed by atoms with van der Waals surface area (Å²) in [7, 11) is 2.15. The molecule has 1 fully saturated rings. The molecule has 0 saturated carbocycles. The number of hydrogen-bond acceptors (Lipinski definition) is 3. The number of nitrogens with zero attached hydrogens (tertiary/aromatic N) is 2. The Balaban J connectivity index is 1.64. The summed E-state index contributed by atoms with van der Waals surface area (Å²) in [5, 5.41) is 2.93. The van der Waals surface area contributed by atoms with Crippen molar-refractivity contribution >= 4 is 17.3 Å². The molecule has 0 spiro atoms. The third-order valence-corrected chi connectivity index (χ3v) is 4.31. The van der Waals surface area contributed by atoms with Gasteiger partial charge in [0.05, 0.1) is 0 Å². The highest BCUT2D eigenvalue weighted by Crippen LogP contribution is 2.18. The Morgan fingerprint density at radius 1 is 0.913 bits per heavy atom. The van der Waals surface area contributed by atoms with Gasteiger partial charge >= 0.3 is 0 Å². The van der Waals surface area contributed by atoms with E-state index in [0.29, 0.717) is 5.56 Å². The molecule has 4 heteroatoms. The van der Waals surface area contributed by atoms with Crippen molar-refractivity contribution < 1.29 is 4.79 Å². The highest BCUT2D eigenvalue weighted by molar-refractivity contribution is 6.04. The molecule has 0 aliphatic carbocycles. The van der Waals surface area contributed by atoms with E-state index in [0.717, 1.165) is 31.9 Å². The van der Waals surface area contributed by atoms with Crippen LogP contribution in [0.15, 0.2) is 48.5 Å². The zero-order valence-electron chi connectivity index (χ0n) is 13.7. The number of hydrogen-bond donors (Lipinski definition) is 1. The van der Waals surface area contributed by atoms with E-state index in [1.165, 1.54) is 11.3 Å². The maximum absolute atomic E-state index is 12.3. The van der Waals surface area contributed by atoms with Gasteiger partial charge in [0.2, 0.25) is 0 Å². The zero-order chi connectivity index (χ0) is 16.2. The molecule has 1 heterocycles. The molecule has 1 N–H and O–H groups in total. The number of amides is 1. The minimum Gasteiger partial charge on any atom is -0.369 e. The van der Waals surface area contributed by atoms with Gasteiger partial charge in [0.25, 0.3) is 5.91 Å². The van der Waals surface area contributed by atoms with Crippen LogP contribution in [0.25, 0.3) is 0 Å². The fourth-order valence-electron chi connectivity index (χ4n) is 2.73. The van der Waals surface area contributed by atoms with Gasteiger partial charge in [-0.25, -0.2) is 0 Å². The van der Waals surface area contributed by atoms with Gasteiger partial charge in [-0.15, -0.1) is 0 Å². The molecule has 2 aromatic rings. The maximum Gasteiger partial charge on any atom is 0.255 e. The second kappa shape index (κ2) is 6.84. The van der Waals surface area contributed by atoms with Crippen LogP contribution in [0, 0.1) is 6.92 Å². The number of carbonyl (C=O) groups is 1. The molecule has 2 aromatic carbocycles. The molecule has 120 valence electrons. The second-order valence-electron chi connectivity index (χ2n) is 6.16. The topological polar surface area (TPSA) is 35.6 Å². The number of benzene rings is 2. The first kappa shape index (κ1) is 15.6. The summed E-state index contributed by atoms with van der Waals surface area (Å²) in [6.07, 6.45) is 0. The number of anilines is 2. The van der Waals surface area contributed by atoms with Gasteiger partial charge in [0.1, 0.15) is 0 Å². The van der Waals surface area contributed by atoms with Crippen LogP contribution in [0.2, 0.25) is 0 Å². The standard InChI is InChI=1S/C19H23N3O/c1-15-3-7-17(8-4-15)20-19(23)16-5-9-18(10-6-16)22-13-11-21(2)12-14-22/h3-10H,11-14H2,1-2H3,(H,20,23). The first-order chi connectivity index (χ1) is 11.1. The van der Waals surface area contributed by atoms with E-state index in [1.807, 2.05) is 55.5 Å². The monoisotopic (exact) mass is 309 g/mol. The number of rotatable bonds is 3. The Hall–Kier alpha value is -2.33. The lowest BCUT2D eigenvalue weighted by atomic mass is 10.1. The van der Waals surface area contributed by atoms with Gasteiger partial charge in [-0.05, 0) is 50.4 Å². The van der Waals surface area contributed by atoms with Gasteiger partial charge in [0.15, 0.2) is 0 Å². The average Bonchev–Trinajstić information content (AvgIpc) is 2.58. The Morgan fingerprint density at radius 2 is 1.52 bits per heavy atom. The van der Waals surface area contributed by atoms with E-state index in [4.69, 9.17) is 0 Å². The van der Waals surface area contributed by atoms with Crippen LogP contribution >= 0.6 is 0 Å². The molecule has 0 atom stereocenters. The lowest BCUT2D eigenvalue weighted by Gasteiger charge is -2.34. The molecular weight excluding hydrogens is 286 g/mol. The largest absolute Gasteiger partial charge is 0.369 e. The molecule has 1 saturated heterocycles. The summed E-state index contributed by atoms with van der Waals surface area (Å²) in [5.74, 6) is -0.0706. The number of nitrogens with one attached hydrogen (secondary N) is 1. The summed E-state index contributed by atoms with van der Waals surface area (Å²) in [4.78, 5) is 17.0. The van der Waals surface area contributed by atoms with Crippen LogP contribution in [0.3, 0.4) is 0 Å². The molecule has 23 heavy (non-hydrogen) atoms. The Kier molecular flexibility index (Phi) is 4.63. The van der Waals surface area contributed by atoms with Crippen LogP contribution in [0.4, 0.5) is 11.4 Å². The van der Waals surface area contributed by atoms with E-state index < -0.39 is 0 Å². The third kappa shape index (κ3) is 3.90. The molecule has 0 unspecified atom stereocenters. The minimum absolute atomic E-state index is 0.0706. The van der Waals surface area contributed by atoms with Crippen LogP contribution in [0.1, 0.15) is 15.9 Å². The molecule has 0 bridgehead atoms. The van der Waals surface area contributed by atoms with E-state index in [2.05, 4.69) is 22.2 Å². The lowest BCUT2D eigenvalue weighted by Crippen LogP contribution is -2.44. The van der Waals surface area contributed by atoms with E-state index >= 15 is 0 Å². The van der Waals surface area contributed by atoms with Crippen LogP contribution < -0.4 is 10.2 Å². The van der Waals surface area contributed by atoms with Crippen molar-refractivity contribution in [1.29, 1.82) is 0 Å². The summed E-state index contributed by atoms with van der Waals surface area (Å²) in [5.41, 5.74) is 3.87. The first-order valence-electron chi connectivity index (χ1n) is 8.03. The van der Waals surface area contributed by atoms with E-state index in [-0.39, 0.29) is 5.91 Å². The number of likely N-dealkylation sites (N-methyl/N-ethyl adjacent to an activating group) is 1. The minimum atomic E-state index is -0.0706. The first-order valence-corrected chi connectivity index (χ1v) is 8.03. The summed E-state index contributed by atoms with van der Waals surface area (Å²) < 4.78 is 0. The molecule has 1 aliphatic rings. The summed E-state index contributed by atoms with van der Waals surface area (Å²) >= 11 is 0. The zero-order valence-corrected chi connectivity index (χ0v) is 13.7. The van der Waals surface area contributed by atoms with Crippen molar-refractivity contribution in [2.24, 2.45) is 0 Å². The van der Waals surface area contributed by atoms with Crippen LogP contribution in [0.5, 0.6) is 0 Å². The summed E-state index contributed by atoms with van der Waals surface area (Å²) in [6.45, 7) is 6.25. The smallest absolute Gasteiger partial charge is 0.255 e. The maximum atomic E-state index is 12.3. The molecule has 4 nitrogen and oxygen atoms in total. The fraction of sp³-hybridized carbons (Fsp3) is 0.316.